The molecule has 0 aliphatic rings. The largest absolute Gasteiger partial charge is 0.383 e. The minimum absolute atomic E-state index is 0.116. The van der Waals surface area contributed by atoms with Crippen LogP contribution in [0.1, 0.15) is 13.3 Å². The number of hydrogen-bond acceptors (Lipinski definition) is 4. The van der Waals surface area contributed by atoms with E-state index in [1.807, 2.05) is 6.92 Å². The van der Waals surface area contributed by atoms with Gasteiger partial charge in [0.15, 0.2) is 0 Å². The van der Waals surface area contributed by atoms with Gasteiger partial charge in [0.1, 0.15) is 0 Å². The van der Waals surface area contributed by atoms with Crippen molar-refractivity contribution in [3.8, 4) is 0 Å². The van der Waals surface area contributed by atoms with Gasteiger partial charge in [-0.25, -0.2) is 8.42 Å². The minimum Gasteiger partial charge on any atom is -0.383 e. The Balaban J connectivity index is 4.23. The highest BCUT2D eigenvalue weighted by Gasteiger charge is 2.19. The first kappa shape index (κ1) is 16.6. The monoisotopic (exact) mass is 264 g/mol. The summed E-state index contributed by atoms with van der Waals surface area (Å²) in [5.41, 5.74) is 0. The van der Waals surface area contributed by atoms with Crippen LogP contribution in [-0.2, 0) is 14.8 Å². The van der Waals surface area contributed by atoms with E-state index in [0.29, 0.717) is 26.2 Å². The first-order chi connectivity index (χ1) is 8.08. The lowest BCUT2D eigenvalue weighted by Crippen LogP contribution is -2.38. The normalized spacial score (nSPS) is 11.9. The van der Waals surface area contributed by atoms with Crippen LogP contribution in [0, 0.1) is 0 Å². The maximum atomic E-state index is 12.0. The lowest BCUT2D eigenvalue weighted by molar-refractivity contribution is 0.182. The maximum Gasteiger partial charge on any atom is 0.215 e. The van der Waals surface area contributed by atoms with Crippen LogP contribution in [-0.4, -0.2) is 58.4 Å². The van der Waals surface area contributed by atoms with E-state index in [1.165, 1.54) is 4.31 Å². The number of ether oxygens (including phenoxy) is 1. The zero-order chi connectivity index (χ0) is 13.1. The molecule has 0 spiro atoms. The molecule has 1 N–H and O–H groups in total. The van der Waals surface area contributed by atoms with E-state index >= 15 is 0 Å². The maximum absolute atomic E-state index is 12.0. The fourth-order valence-electron chi connectivity index (χ4n) is 1.31. The highest BCUT2D eigenvalue weighted by Crippen LogP contribution is 2.01. The fraction of sp³-hybridized carbons (Fsp3) is 0.818. The lowest BCUT2D eigenvalue weighted by atomic mass is 10.5. The smallest absolute Gasteiger partial charge is 0.215 e. The molecule has 0 bridgehead atoms. The van der Waals surface area contributed by atoms with Crippen LogP contribution in [0.2, 0.25) is 0 Å². The van der Waals surface area contributed by atoms with Crippen molar-refractivity contribution in [2.45, 2.75) is 13.3 Å². The van der Waals surface area contributed by atoms with Crippen LogP contribution in [0.3, 0.4) is 0 Å². The Labute approximate surface area is 105 Å². The average Bonchev–Trinajstić information content (AvgIpc) is 2.30. The Morgan fingerprint density at radius 1 is 1.41 bits per heavy atom. The summed E-state index contributed by atoms with van der Waals surface area (Å²) in [6, 6.07) is 0. The van der Waals surface area contributed by atoms with E-state index in [0.717, 1.165) is 13.0 Å². The Morgan fingerprint density at radius 2 is 2.12 bits per heavy atom. The molecule has 0 aliphatic carbocycles. The first-order valence-electron chi connectivity index (χ1n) is 5.86. The van der Waals surface area contributed by atoms with Gasteiger partial charge in [0, 0.05) is 26.7 Å². The Hall–Kier alpha value is -0.430. The predicted molar refractivity (Wildman–Crippen MR) is 70.6 cm³/mol. The summed E-state index contributed by atoms with van der Waals surface area (Å²) < 4.78 is 30.2. The van der Waals surface area contributed by atoms with Gasteiger partial charge in [-0.15, -0.1) is 6.58 Å². The van der Waals surface area contributed by atoms with E-state index < -0.39 is 10.0 Å². The Bertz CT molecular complexity index is 291. The summed E-state index contributed by atoms with van der Waals surface area (Å²) in [6.07, 6.45) is 2.59. The predicted octanol–water partition coefficient (Wildman–Crippen LogP) is 0.450. The molecule has 0 aromatic carbocycles. The molecule has 0 radical (unpaired) electrons. The van der Waals surface area contributed by atoms with E-state index in [-0.39, 0.29) is 5.75 Å². The Morgan fingerprint density at radius 3 is 2.65 bits per heavy atom. The fourth-order valence-corrected chi connectivity index (χ4v) is 2.66. The molecule has 0 fully saturated rings. The molecule has 0 rings (SSSR count). The average molecular weight is 264 g/mol. The van der Waals surface area contributed by atoms with Crippen LogP contribution < -0.4 is 5.32 Å². The third-order valence-corrected chi connectivity index (χ3v) is 4.07. The number of sulfonamides is 1. The summed E-state index contributed by atoms with van der Waals surface area (Å²) in [5, 5.41) is 3.08. The molecule has 0 aromatic rings. The van der Waals surface area contributed by atoms with Crippen molar-refractivity contribution in [1.29, 1.82) is 0 Å². The summed E-state index contributed by atoms with van der Waals surface area (Å²) >= 11 is 0. The van der Waals surface area contributed by atoms with Crippen LogP contribution >= 0.6 is 0 Å². The van der Waals surface area contributed by atoms with Crippen LogP contribution in [0.5, 0.6) is 0 Å². The molecule has 6 heteroatoms. The van der Waals surface area contributed by atoms with Gasteiger partial charge in [0.05, 0.1) is 12.4 Å². The zero-order valence-corrected chi connectivity index (χ0v) is 11.6. The van der Waals surface area contributed by atoms with Crippen molar-refractivity contribution < 1.29 is 13.2 Å². The second-order valence-electron chi connectivity index (χ2n) is 3.71. The van der Waals surface area contributed by atoms with Crippen LogP contribution in [0.25, 0.3) is 0 Å². The van der Waals surface area contributed by atoms with E-state index in [4.69, 9.17) is 4.74 Å². The Kier molecular flexibility index (Phi) is 9.34. The third-order valence-electron chi connectivity index (χ3n) is 2.23. The second kappa shape index (κ2) is 9.58. The van der Waals surface area contributed by atoms with Gasteiger partial charge in [0.25, 0.3) is 0 Å². The van der Waals surface area contributed by atoms with Crippen LogP contribution in [0.15, 0.2) is 12.7 Å². The molecular weight excluding hydrogens is 240 g/mol. The zero-order valence-electron chi connectivity index (χ0n) is 10.8. The lowest BCUT2D eigenvalue weighted by Gasteiger charge is -2.20. The van der Waals surface area contributed by atoms with Gasteiger partial charge in [-0.1, -0.05) is 13.0 Å². The van der Waals surface area contributed by atoms with Gasteiger partial charge in [-0.3, -0.25) is 0 Å². The first-order valence-corrected chi connectivity index (χ1v) is 7.47. The highest BCUT2D eigenvalue weighted by molar-refractivity contribution is 7.89. The van der Waals surface area contributed by atoms with Gasteiger partial charge < -0.3 is 10.1 Å². The third kappa shape index (κ3) is 7.49. The van der Waals surface area contributed by atoms with Crippen molar-refractivity contribution in [2.24, 2.45) is 0 Å². The van der Waals surface area contributed by atoms with Gasteiger partial charge in [-0.05, 0) is 13.0 Å². The number of hydrogen-bond donors (Lipinski definition) is 1. The number of nitrogens with one attached hydrogen (secondary N) is 1. The van der Waals surface area contributed by atoms with Crippen molar-refractivity contribution >= 4 is 10.0 Å². The van der Waals surface area contributed by atoms with Gasteiger partial charge in [-0.2, -0.15) is 4.31 Å². The topological polar surface area (TPSA) is 58.6 Å². The number of nitrogens with zero attached hydrogens (tertiary/aromatic N) is 1. The molecule has 0 amide bonds. The molecular formula is C11H24N2O3S. The molecule has 0 atom stereocenters. The standard InChI is InChI=1S/C11H24N2O3S/c1-4-6-12-7-11-17(14,15)13(8-5-2)9-10-16-3/h5,12H,2,4,6-11H2,1,3H3. The number of methoxy groups -OCH3 is 1. The van der Waals surface area contributed by atoms with Crippen molar-refractivity contribution in [3.05, 3.63) is 12.7 Å². The van der Waals surface area contributed by atoms with Crippen LogP contribution in [0.4, 0.5) is 0 Å². The highest BCUT2D eigenvalue weighted by atomic mass is 32.2. The molecule has 0 aliphatic heterocycles. The van der Waals surface area contributed by atoms with E-state index in [1.54, 1.807) is 13.2 Å². The van der Waals surface area contributed by atoms with Crippen molar-refractivity contribution in [3.63, 3.8) is 0 Å². The molecule has 0 aromatic heterocycles. The summed E-state index contributed by atoms with van der Waals surface area (Å²) in [5.74, 6) is 0.116. The summed E-state index contributed by atoms with van der Waals surface area (Å²) in [7, 11) is -1.66. The molecule has 0 heterocycles. The minimum atomic E-state index is -3.22. The van der Waals surface area contributed by atoms with Crippen molar-refractivity contribution in [2.75, 3.05) is 45.6 Å². The van der Waals surface area contributed by atoms with E-state index in [9.17, 15) is 8.42 Å². The molecule has 0 saturated heterocycles. The summed E-state index contributed by atoms with van der Waals surface area (Å²) in [4.78, 5) is 0. The van der Waals surface area contributed by atoms with Gasteiger partial charge >= 0.3 is 0 Å². The van der Waals surface area contributed by atoms with Gasteiger partial charge in [0.2, 0.25) is 10.0 Å². The van der Waals surface area contributed by atoms with Crippen molar-refractivity contribution in [1.82, 2.24) is 9.62 Å². The molecule has 5 nitrogen and oxygen atoms in total. The number of rotatable bonds is 11. The molecule has 0 unspecified atom stereocenters. The van der Waals surface area contributed by atoms with E-state index in [2.05, 4.69) is 11.9 Å². The summed E-state index contributed by atoms with van der Waals surface area (Å²) in [6.45, 7) is 8.04. The molecule has 0 saturated carbocycles. The quantitative estimate of drug-likeness (QED) is 0.435. The molecule has 102 valence electrons. The molecule has 17 heavy (non-hydrogen) atoms. The second-order valence-corrected chi connectivity index (χ2v) is 5.79. The SMILES string of the molecule is C=CCN(CCOC)S(=O)(=O)CCNCCC.